The predicted molar refractivity (Wildman–Crippen MR) is 95.4 cm³/mol. The number of rotatable bonds is 3. The minimum atomic E-state index is -1.11. The average Bonchev–Trinajstić information content (AvgIpc) is 3.32. The van der Waals surface area contributed by atoms with E-state index in [-0.39, 0.29) is 18.2 Å². The molecule has 0 saturated heterocycles. The average molecular weight is 371 g/mol. The molecule has 1 aliphatic rings. The third-order valence-corrected chi connectivity index (χ3v) is 5.86. The Morgan fingerprint density at radius 2 is 2.15 bits per heavy atom. The summed E-state index contributed by atoms with van der Waals surface area (Å²) in [6, 6.07) is 8.08. The van der Waals surface area contributed by atoms with Gasteiger partial charge < -0.3 is 0 Å². The number of benzene rings is 2. The first-order chi connectivity index (χ1) is 13.0. The second-order valence-electron chi connectivity index (χ2n) is 7.18. The molecule has 27 heavy (non-hydrogen) atoms. The van der Waals surface area contributed by atoms with E-state index in [2.05, 4.69) is 10.2 Å². The van der Waals surface area contributed by atoms with Gasteiger partial charge in [0.15, 0.2) is 5.82 Å². The summed E-state index contributed by atoms with van der Waals surface area (Å²) in [5.41, 5.74) is 2.34. The van der Waals surface area contributed by atoms with E-state index in [0.717, 1.165) is 0 Å². The van der Waals surface area contributed by atoms with Crippen LogP contribution in [0.3, 0.4) is 0 Å². The highest BCUT2D eigenvalue weighted by atomic mass is 19.1. The number of hydrogen-bond acceptors (Lipinski definition) is 3. The summed E-state index contributed by atoms with van der Waals surface area (Å²) in [6.07, 6.45) is 2.76. The number of carbonyl (C=O) groups excluding carboxylic acids is 1. The lowest BCUT2D eigenvalue weighted by Gasteiger charge is -2.29. The van der Waals surface area contributed by atoms with Crippen LogP contribution in [0.4, 0.5) is 8.78 Å². The Hall–Kier alpha value is -2.80. The normalized spacial score (nSPS) is 22.3. The predicted octanol–water partition coefficient (Wildman–Crippen LogP) is 3.86. The van der Waals surface area contributed by atoms with Crippen LogP contribution in [0.1, 0.15) is 41.9 Å². The van der Waals surface area contributed by atoms with E-state index < -0.39 is 17.1 Å². The molecule has 1 aromatic heterocycles. The van der Waals surface area contributed by atoms with Crippen molar-refractivity contribution in [3.63, 3.8) is 0 Å². The summed E-state index contributed by atoms with van der Waals surface area (Å²) in [4.78, 5) is 12.6. The Bertz CT molecular complexity index is 1030. The minimum absolute atomic E-state index is 0.238. The van der Waals surface area contributed by atoms with Gasteiger partial charge in [0.05, 0.1) is 11.6 Å². The number of aromatic amines is 1. The monoisotopic (exact) mass is 371 g/mol. The number of carbonyl (C=O) groups is 1. The maximum absolute atomic E-state index is 15.0. The van der Waals surface area contributed by atoms with Crippen molar-refractivity contribution in [2.45, 2.75) is 37.5 Å². The molecule has 1 aliphatic carbocycles. The number of nitrogens with one attached hydrogen (secondary N) is 2. The third kappa shape index (κ3) is 2.61. The number of halogens is 2. The van der Waals surface area contributed by atoms with Crippen LogP contribution in [0.15, 0.2) is 36.5 Å². The number of hydroxylamine groups is 1. The number of amides is 1. The number of aromatic nitrogens is 2. The van der Waals surface area contributed by atoms with E-state index in [1.807, 2.05) is 0 Å². The minimum Gasteiger partial charge on any atom is -0.289 e. The second kappa shape index (κ2) is 6.42. The van der Waals surface area contributed by atoms with Crippen molar-refractivity contribution in [1.82, 2.24) is 15.7 Å². The lowest BCUT2D eigenvalue weighted by atomic mass is 9.75. The number of H-pyrrole nitrogens is 1. The molecule has 1 amide bonds. The van der Waals surface area contributed by atoms with Gasteiger partial charge in [-0.25, -0.2) is 14.3 Å². The first kappa shape index (κ1) is 17.6. The van der Waals surface area contributed by atoms with E-state index in [0.29, 0.717) is 40.4 Å². The molecule has 0 spiro atoms. The lowest BCUT2D eigenvalue weighted by molar-refractivity contribution is -0.135. The molecular formula is C20H19F2N3O2. The first-order valence-corrected chi connectivity index (χ1v) is 8.79. The van der Waals surface area contributed by atoms with E-state index in [9.17, 15) is 18.8 Å². The van der Waals surface area contributed by atoms with Gasteiger partial charge in [-0.15, -0.1) is 0 Å². The van der Waals surface area contributed by atoms with Gasteiger partial charge in [0, 0.05) is 5.39 Å². The van der Waals surface area contributed by atoms with Crippen LogP contribution in [0.2, 0.25) is 0 Å². The standard InChI is InChI=1S/C20H19F2N3O2/c1-11-15(3-2-4-16(11)21)20(19(26)25-27)8-7-12(9-20)14-6-5-13-10-23-24-18(13)17(14)22/h2-6,10,12,27H,7-9H2,1H3,(H,23,24)(H,25,26)/t12?,20-/m0/s1. The van der Waals surface area contributed by atoms with E-state index in [1.54, 1.807) is 42.9 Å². The molecule has 3 N–H and O–H groups in total. The lowest BCUT2D eigenvalue weighted by Crippen LogP contribution is -2.42. The van der Waals surface area contributed by atoms with Gasteiger partial charge in [0.25, 0.3) is 5.91 Å². The molecule has 0 aliphatic heterocycles. The highest BCUT2D eigenvalue weighted by molar-refractivity contribution is 5.88. The van der Waals surface area contributed by atoms with Crippen molar-refractivity contribution < 1.29 is 18.8 Å². The quantitative estimate of drug-likeness (QED) is 0.483. The van der Waals surface area contributed by atoms with E-state index in [4.69, 9.17) is 0 Å². The van der Waals surface area contributed by atoms with Gasteiger partial charge in [0.1, 0.15) is 11.3 Å². The largest absolute Gasteiger partial charge is 0.289 e. The Morgan fingerprint density at radius 1 is 1.33 bits per heavy atom. The Balaban J connectivity index is 1.79. The molecule has 1 fully saturated rings. The molecule has 1 saturated carbocycles. The summed E-state index contributed by atoms with van der Waals surface area (Å²) < 4.78 is 29.1. The molecule has 140 valence electrons. The van der Waals surface area contributed by atoms with Gasteiger partial charge in [-0.3, -0.25) is 15.1 Å². The van der Waals surface area contributed by atoms with Crippen molar-refractivity contribution in [3.05, 3.63) is 64.9 Å². The summed E-state index contributed by atoms with van der Waals surface area (Å²) in [7, 11) is 0. The maximum Gasteiger partial charge on any atom is 0.254 e. The molecule has 0 radical (unpaired) electrons. The number of nitrogens with zero attached hydrogens (tertiary/aromatic N) is 1. The van der Waals surface area contributed by atoms with Gasteiger partial charge in [-0.2, -0.15) is 5.10 Å². The summed E-state index contributed by atoms with van der Waals surface area (Å²) in [5, 5.41) is 16.5. The Labute approximate surface area is 154 Å². The molecule has 3 aromatic rings. The number of fused-ring (bicyclic) bond motifs is 1. The van der Waals surface area contributed by atoms with E-state index >= 15 is 0 Å². The number of hydrogen-bond donors (Lipinski definition) is 3. The van der Waals surface area contributed by atoms with Crippen LogP contribution in [-0.4, -0.2) is 21.3 Å². The van der Waals surface area contributed by atoms with Crippen LogP contribution in [0, 0.1) is 18.6 Å². The van der Waals surface area contributed by atoms with Gasteiger partial charge in [0.2, 0.25) is 0 Å². The SMILES string of the molecule is Cc1c(F)cccc1[C@]1(C(=O)NO)CCC(c2ccc3cn[nH]c3c2F)C1. The van der Waals surface area contributed by atoms with Crippen molar-refractivity contribution in [1.29, 1.82) is 0 Å². The molecular weight excluding hydrogens is 352 g/mol. The second-order valence-corrected chi connectivity index (χ2v) is 7.18. The third-order valence-electron chi connectivity index (χ3n) is 5.86. The van der Waals surface area contributed by atoms with Gasteiger partial charge in [-0.05, 0) is 54.9 Å². The molecule has 2 aromatic carbocycles. The van der Waals surface area contributed by atoms with Crippen LogP contribution < -0.4 is 5.48 Å². The molecule has 1 heterocycles. The van der Waals surface area contributed by atoms with Crippen LogP contribution in [0.5, 0.6) is 0 Å². The zero-order valence-electron chi connectivity index (χ0n) is 14.7. The highest BCUT2D eigenvalue weighted by Crippen LogP contribution is 2.50. The molecule has 7 heteroatoms. The fourth-order valence-corrected chi connectivity index (χ4v) is 4.43. The summed E-state index contributed by atoms with van der Waals surface area (Å²) >= 11 is 0. The van der Waals surface area contributed by atoms with Crippen molar-refractivity contribution >= 4 is 16.8 Å². The molecule has 1 unspecified atom stereocenters. The van der Waals surface area contributed by atoms with Crippen molar-refractivity contribution in [2.75, 3.05) is 0 Å². The van der Waals surface area contributed by atoms with Gasteiger partial charge >= 0.3 is 0 Å². The molecule has 0 bridgehead atoms. The van der Waals surface area contributed by atoms with Crippen LogP contribution in [0.25, 0.3) is 10.9 Å². The summed E-state index contributed by atoms with van der Waals surface area (Å²) in [5.74, 6) is -1.63. The maximum atomic E-state index is 15.0. The van der Waals surface area contributed by atoms with Crippen molar-refractivity contribution in [2.24, 2.45) is 0 Å². The van der Waals surface area contributed by atoms with Crippen LogP contribution >= 0.6 is 0 Å². The molecule has 4 rings (SSSR count). The Kier molecular flexibility index (Phi) is 4.19. The molecule has 5 nitrogen and oxygen atoms in total. The summed E-state index contributed by atoms with van der Waals surface area (Å²) in [6.45, 7) is 1.61. The zero-order valence-corrected chi connectivity index (χ0v) is 14.7. The Morgan fingerprint density at radius 3 is 2.93 bits per heavy atom. The topological polar surface area (TPSA) is 78.0 Å². The smallest absolute Gasteiger partial charge is 0.254 e. The van der Waals surface area contributed by atoms with Crippen LogP contribution in [-0.2, 0) is 10.2 Å². The molecule has 2 atom stereocenters. The fourth-order valence-electron chi connectivity index (χ4n) is 4.43. The zero-order chi connectivity index (χ0) is 19.2. The fraction of sp³-hybridized carbons (Fsp3) is 0.300. The van der Waals surface area contributed by atoms with E-state index in [1.165, 1.54) is 6.07 Å². The first-order valence-electron chi connectivity index (χ1n) is 8.79. The highest BCUT2D eigenvalue weighted by Gasteiger charge is 2.48. The van der Waals surface area contributed by atoms with Crippen molar-refractivity contribution in [3.8, 4) is 0 Å². The van der Waals surface area contributed by atoms with Gasteiger partial charge in [-0.1, -0.05) is 24.3 Å².